The normalized spacial score (nSPS) is 19.0. The van der Waals surface area contributed by atoms with Crippen molar-refractivity contribution < 1.29 is 14.3 Å². The van der Waals surface area contributed by atoms with Gasteiger partial charge in [-0.2, -0.15) is 0 Å². The van der Waals surface area contributed by atoms with E-state index in [2.05, 4.69) is 10.6 Å². The van der Waals surface area contributed by atoms with Crippen LogP contribution < -0.4 is 10.6 Å². The monoisotopic (exact) mass is 345 g/mol. The molecule has 0 atom stereocenters. The first-order chi connectivity index (χ1) is 12.2. The van der Waals surface area contributed by atoms with Gasteiger partial charge in [0, 0.05) is 24.8 Å². The zero-order chi connectivity index (χ0) is 17.5. The number of hydrogen-bond acceptors (Lipinski definition) is 3. The average Bonchev–Trinajstić information content (AvgIpc) is 3.15. The van der Waals surface area contributed by atoms with E-state index in [9.17, 15) is 9.59 Å². The Kier molecular flexibility index (Phi) is 6.28. The molecule has 1 saturated heterocycles. The van der Waals surface area contributed by atoms with E-state index in [1.807, 2.05) is 30.3 Å². The molecule has 3 rings (SSSR count). The average molecular weight is 345 g/mol. The first-order valence-electron chi connectivity index (χ1n) is 9.22. The first-order valence-corrected chi connectivity index (χ1v) is 9.22. The van der Waals surface area contributed by atoms with E-state index in [0.717, 1.165) is 31.4 Å². The largest absolute Gasteiger partial charge is 0.368 e. The Bertz CT molecular complexity index is 565. The highest BCUT2D eigenvalue weighted by Crippen LogP contribution is 2.20. The van der Waals surface area contributed by atoms with Gasteiger partial charge in [-0.3, -0.25) is 4.79 Å². The number of para-hydroxylation sites is 1. The van der Waals surface area contributed by atoms with E-state index in [1.165, 1.54) is 12.8 Å². The fourth-order valence-corrected chi connectivity index (χ4v) is 3.47. The quantitative estimate of drug-likeness (QED) is 0.862. The van der Waals surface area contributed by atoms with Gasteiger partial charge >= 0.3 is 6.03 Å². The van der Waals surface area contributed by atoms with Crippen molar-refractivity contribution in [3.63, 3.8) is 0 Å². The number of amides is 3. The number of ether oxygens (including phenoxy) is 1. The van der Waals surface area contributed by atoms with Gasteiger partial charge in [-0.25, -0.2) is 4.79 Å². The number of nitrogens with zero attached hydrogens (tertiary/aromatic N) is 1. The zero-order valence-corrected chi connectivity index (χ0v) is 14.6. The fraction of sp³-hybridized carbons (Fsp3) is 0.579. The van der Waals surface area contributed by atoms with Gasteiger partial charge in [0.25, 0.3) is 0 Å². The minimum absolute atomic E-state index is 0.0425. The highest BCUT2D eigenvalue weighted by molar-refractivity contribution is 5.89. The molecule has 1 saturated carbocycles. The SMILES string of the molecule is O=C(COC1CCCC1)NC1CCN(C(=O)Nc2ccccc2)CC1. The Labute approximate surface area is 148 Å². The van der Waals surface area contributed by atoms with Crippen LogP contribution in [0.4, 0.5) is 10.5 Å². The lowest BCUT2D eigenvalue weighted by molar-refractivity contribution is -0.128. The summed E-state index contributed by atoms with van der Waals surface area (Å²) in [5.74, 6) is -0.0425. The molecule has 1 aliphatic heterocycles. The van der Waals surface area contributed by atoms with E-state index in [0.29, 0.717) is 13.1 Å². The van der Waals surface area contributed by atoms with E-state index < -0.39 is 0 Å². The van der Waals surface area contributed by atoms with Gasteiger partial charge in [-0.15, -0.1) is 0 Å². The van der Waals surface area contributed by atoms with Gasteiger partial charge in [-0.1, -0.05) is 31.0 Å². The van der Waals surface area contributed by atoms with E-state index >= 15 is 0 Å². The standard InChI is InChI=1S/C19H27N3O3/c23-18(14-25-17-8-4-5-9-17)20-16-10-12-22(13-11-16)19(24)21-15-6-2-1-3-7-15/h1-3,6-7,16-17H,4-5,8-14H2,(H,20,23)(H,21,24). The minimum Gasteiger partial charge on any atom is -0.368 e. The van der Waals surface area contributed by atoms with Crippen LogP contribution in [0.1, 0.15) is 38.5 Å². The molecular weight excluding hydrogens is 318 g/mol. The van der Waals surface area contributed by atoms with Gasteiger partial charge in [-0.05, 0) is 37.8 Å². The Hall–Kier alpha value is -2.08. The molecule has 1 aromatic rings. The molecule has 2 N–H and O–H groups in total. The van der Waals surface area contributed by atoms with Crippen LogP contribution >= 0.6 is 0 Å². The molecule has 2 fully saturated rings. The van der Waals surface area contributed by atoms with Gasteiger partial charge < -0.3 is 20.3 Å². The van der Waals surface area contributed by atoms with Crippen LogP contribution in [0.25, 0.3) is 0 Å². The first kappa shape index (κ1) is 17.7. The molecule has 136 valence electrons. The van der Waals surface area contributed by atoms with Crippen LogP contribution in [0.15, 0.2) is 30.3 Å². The van der Waals surface area contributed by atoms with Crippen LogP contribution in [-0.2, 0) is 9.53 Å². The van der Waals surface area contributed by atoms with Crippen molar-refractivity contribution in [2.45, 2.75) is 50.7 Å². The summed E-state index contributed by atoms with van der Waals surface area (Å²) in [5, 5.41) is 5.93. The molecule has 0 unspecified atom stereocenters. The molecule has 3 amide bonds. The molecule has 2 aliphatic rings. The van der Waals surface area contributed by atoms with E-state index in [1.54, 1.807) is 4.90 Å². The maximum atomic E-state index is 12.3. The zero-order valence-electron chi connectivity index (χ0n) is 14.6. The molecule has 0 aromatic heterocycles. The second-order valence-electron chi connectivity index (χ2n) is 6.84. The number of hydrogen-bond donors (Lipinski definition) is 2. The number of carbonyl (C=O) groups is 2. The summed E-state index contributed by atoms with van der Waals surface area (Å²) in [6.45, 7) is 1.44. The molecule has 1 aliphatic carbocycles. The highest BCUT2D eigenvalue weighted by Gasteiger charge is 2.24. The molecule has 0 spiro atoms. The topological polar surface area (TPSA) is 70.7 Å². The third-order valence-electron chi connectivity index (χ3n) is 4.92. The van der Waals surface area contributed by atoms with Gasteiger partial charge in [0.05, 0.1) is 6.10 Å². The Balaban J connectivity index is 1.35. The number of piperidine rings is 1. The van der Waals surface area contributed by atoms with Gasteiger partial charge in [0.1, 0.15) is 6.61 Å². The second-order valence-corrected chi connectivity index (χ2v) is 6.84. The summed E-state index contributed by atoms with van der Waals surface area (Å²) in [5.41, 5.74) is 0.798. The van der Waals surface area contributed by atoms with Crippen molar-refractivity contribution >= 4 is 17.6 Å². The van der Waals surface area contributed by atoms with Gasteiger partial charge in [0.15, 0.2) is 0 Å². The number of urea groups is 1. The molecule has 0 bridgehead atoms. The molecule has 25 heavy (non-hydrogen) atoms. The number of rotatable bonds is 5. The number of benzene rings is 1. The number of likely N-dealkylation sites (tertiary alicyclic amines) is 1. The van der Waals surface area contributed by atoms with Crippen molar-refractivity contribution in [1.29, 1.82) is 0 Å². The maximum Gasteiger partial charge on any atom is 0.321 e. The summed E-state index contributed by atoms with van der Waals surface area (Å²) in [6.07, 6.45) is 6.36. The summed E-state index contributed by atoms with van der Waals surface area (Å²) in [6, 6.07) is 9.49. The summed E-state index contributed by atoms with van der Waals surface area (Å²) >= 11 is 0. The third kappa shape index (κ3) is 5.46. The molecule has 6 heteroatoms. The van der Waals surface area contributed by atoms with Gasteiger partial charge in [0.2, 0.25) is 5.91 Å². The lowest BCUT2D eigenvalue weighted by atomic mass is 10.1. The smallest absolute Gasteiger partial charge is 0.321 e. The maximum absolute atomic E-state index is 12.3. The lowest BCUT2D eigenvalue weighted by Gasteiger charge is -2.32. The number of carbonyl (C=O) groups excluding carboxylic acids is 2. The Morgan fingerprint density at radius 3 is 2.40 bits per heavy atom. The van der Waals surface area contributed by atoms with Crippen molar-refractivity contribution in [2.24, 2.45) is 0 Å². The van der Waals surface area contributed by atoms with Crippen molar-refractivity contribution in [1.82, 2.24) is 10.2 Å². The van der Waals surface area contributed by atoms with Crippen molar-refractivity contribution in [3.8, 4) is 0 Å². The summed E-state index contributed by atoms with van der Waals surface area (Å²) in [7, 11) is 0. The van der Waals surface area contributed by atoms with Crippen LogP contribution in [0.3, 0.4) is 0 Å². The minimum atomic E-state index is -0.0828. The Morgan fingerprint density at radius 2 is 1.72 bits per heavy atom. The molecule has 0 radical (unpaired) electrons. The Morgan fingerprint density at radius 1 is 1.04 bits per heavy atom. The molecule has 1 aromatic carbocycles. The third-order valence-corrected chi connectivity index (χ3v) is 4.92. The molecule has 1 heterocycles. The highest BCUT2D eigenvalue weighted by atomic mass is 16.5. The van der Waals surface area contributed by atoms with Crippen LogP contribution in [-0.4, -0.2) is 48.7 Å². The van der Waals surface area contributed by atoms with Crippen molar-refractivity contribution in [3.05, 3.63) is 30.3 Å². The number of anilines is 1. The van der Waals surface area contributed by atoms with Crippen molar-refractivity contribution in [2.75, 3.05) is 25.0 Å². The predicted molar refractivity (Wildman–Crippen MR) is 96.4 cm³/mol. The summed E-state index contributed by atoms with van der Waals surface area (Å²) < 4.78 is 5.65. The fourth-order valence-electron chi connectivity index (χ4n) is 3.47. The second kappa shape index (κ2) is 8.85. The van der Waals surface area contributed by atoms with Crippen LogP contribution in [0.2, 0.25) is 0 Å². The lowest BCUT2D eigenvalue weighted by Crippen LogP contribution is -2.48. The van der Waals surface area contributed by atoms with Crippen LogP contribution in [0.5, 0.6) is 0 Å². The predicted octanol–water partition coefficient (Wildman–Crippen LogP) is 2.76. The molecule has 6 nitrogen and oxygen atoms in total. The molecular formula is C19H27N3O3. The number of nitrogens with one attached hydrogen (secondary N) is 2. The van der Waals surface area contributed by atoms with E-state index in [4.69, 9.17) is 4.74 Å². The summed E-state index contributed by atoms with van der Waals surface area (Å²) in [4.78, 5) is 26.0. The van der Waals surface area contributed by atoms with Crippen LogP contribution in [0, 0.1) is 0 Å². The van der Waals surface area contributed by atoms with E-state index in [-0.39, 0.29) is 30.7 Å².